The lowest BCUT2D eigenvalue weighted by molar-refractivity contribution is 0.573. The molecule has 2 aromatic rings. The first-order valence-corrected chi connectivity index (χ1v) is 7.31. The van der Waals surface area contributed by atoms with Crippen molar-refractivity contribution in [1.29, 1.82) is 0 Å². The Kier molecular flexibility index (Phi) is 5.37. The Balaban J connectivity index is 2.04. The maximum absolute atomic E-state index is 13.3. The normalized spacial score (nSPS) is 12.4. The first-order valence-electron chi connectivity index (χ1n) is 5.98. The third kappa shape index (κ3) is 4.30. The van der Waals surface area contributed by atoms with Crippen molar-refractivity contribution in [1.82, 2.24) is 5.32 Å². The molecule has 1 unspecified atom stereocenters. The number of rotatable bonds is 5. The maximum atomic E-state index is 13.3. The molecule has 1 N–H and O–H groups in total. The number of benzene rings is 2. The van der Waals surface area contributed by atoms with Gasteiger partial charge in [0.05, 0.1) is 0 Å². The van der Waals surface area contributed by atoms with Crippen LogP contribution in [-0.4, -0.2) is 5.88 Å². The SMILES string of the molecule is Fc1cc(Br)cc(CNC(CCl)c2ccccc2)c1. The molecule has 2 aromatic carbocycles. The zero-order chi connectivity index (χ0) is 13.7. The van der Waals surface area contributed by atoms with Crippen LogP contribution in [-0.2, 0) is 6.54 Å². The quantitative estimate of drug-likeness (QED) is 0.779. The smallest absolute Gasteiger partial charge is 0.124 e. The third-order valence-corrected chi connectivity index (χ3v) is 3.60. The minimum Gasteiger partial charge on any atom is -0.305 e. The van der Waals surface area contributed by atoms with Crippen molar-refractivity contribution in [2.45, 2.75) is 12.6 Å². The summed E-state index contributed by atoms with van der Waals surface area (Å²) in [7, 11) is 0. The van der Waals surface area contributed by atoms with Gasteiger partial charge in [0.1, 0.15) is 5.82 Å². The first kappa shape index (κ1) is 14.5. The molecule has 0 aromatic heterocycles. The lowest BCUT2D eigenvalue weighted by Gasteiger charge is -2.16. The largest absolute Gasteiger partial charge is 0.305 e. The van der Waals surface area contributed by atoms with Crippen LogP contribution in [0.5, 0.6) is 0 Å². The Labute approximate surface area is 125 Å². The zero-order valence-electron chi connectivity index (χ0n) is 10.2. The van der Waals surface area contributed by atoms with E-state index >= 15 is 0 Å². The van der Waals surface area contributed by atoms with E-state index in [4.69, 9.17) is 11.6 Å². The molecule has 2 rings (SSSR count). The van der Waals surface area contributed by atoms with Gasteiger partial charge in [-0.2, -0.15) is 0 Å². The van der Waals surface area contributed by atoms with Gasteiger partial charge in [0.15, 0.2) is 0 Å². The van der Waals surface area contributed by atoms with Gasteiger partial charge < -0.3 is 5.32 Å². The Morgan fingerprint density at radius 2 is 1.89 bits per heavy atom. The summed E-state index contributed by atoms with van der Waals surface area (Å²) in [4.78, 5) is 0. The average Bonchev–Trinajstić information content (AvgIpc) is 2.39. The summed E-state index contributed by atoms with van der Waals surface area (Å²) in [5.41, 5.74) is 2.02. The molecule has 0 aliphatic rings. The monoisotopic (exact) mass is 341 g/mol. The van der Waals surface area contributed by atoms with Gasteiger partial charge >= 0.3 is 0 Å². The molecular weight excluding hydrogens is 329 g/mol. The minimum atomic E-state index is -0.242. The van der Waals surface area contributed by atoms with Crippen molar-refractivity contribution < 1.29 is 4.39 Å². The Hall–Kier alpha value is -0.900. The second kappa shape index (κ2) is 7.04. The van der Waals surface area contributed by atoms with Crippen LogP contribution in [0.1, 0.15) is 17.2 Å². The molecular formula is C15H14BrClFN. The van der Waals surface area contributed by atoms with E-state index in [9.17, 15) is 4.39 Å². The van der Waals surface area contributed by atoms with Crippen molar-refractivity contribution in [2.24, 2.45) is 0 Å². The van der Waals surface area contributed by atoms with Gasteiger partial charge in [-0.25, -0.2) is 4.39 Å². The molecule has 0 amide bonds. The average molecular weight is 343 g/mol. The van der Waals surface area contributed by atoms with Crippen molar-refractivity contribution >= 4 is 27.5 Å². The number of alkyl halides is 1. The molecule has 0 radical (unpaired) electrons. The van der Waals surface area contributed by atoms with E-state index in [1.54, 1.807) is 0 Å². The number of nitrogens with one attached hydrogen (secondary N) is 1. The van der Waals surface area contributed by atoms with E-state index in [1.807, 2.05) is 36.4 Å². The number of halogens is 3. The molecule has 0 heterocycles. The van der Waals surface area contributed by atoms with E-state index < -0.39 is 0 Å². The standard InChI is InChI=1S/C15H14BrClFN/c16-13-6-11(7-14(18)8-13)10-19-15(9-17)12-4-2-1-3-5-12/h1-8,15,19H,9-10H2. The second-order valence-electron chi connectivity index (χ2n) is 4.28. The van der Waals surface area contributed by atoms with Gasteiger partial charge in [-0.1, -0.05) is 46.3 Å². The molecule has 0 fully saturated rings. The highest BCUT2D eigenvalue weighted by molar-refractivity contribution is 9.10. The fraction of sp³-hybridized carbons (Fsp3) is 0.200. The van der Waals surface area contributed by atoms with Crippen LogP contribution in [0.4, 0.5) is 4.39 Å². The molecule has 1 nitrogen and oxygen atoms in total. The van der Waals surface area contributed by atoms with E-state index in [0.717, 1.165) is 15.6 Å². The highest BCUT2D eigenvalue weighted by atomic mass is 79.9. The summed E-state index contributed by atoms with van der Waals surface area (Å²) in [5, 5.41) is 3.34. The summed E-state index contributed by atoms with van der Waals surface area (Å²) in [6, 6.07) is 14.9. The second-order valence-corrected chi connectivity index (χ2v) is 5.50. The van der Waals surface area contributed by atoms with E-state index in [0.29, 0.717) is 12.4 Å². The molecule has 1 atom stereocenters. The topological polar surface area (TPSA) is 12.0 Å². The van der Waals surface area contributed by atoms with Crippen molar-refractivity contribution in [3.8, 4) is 0 Å². The van der Waals surface area contributed by atoms with E-state index in [-0.39, 0.29) is 11.9 Å². The fourth-order valence-corrected chi connectivity index (χ4v) is 2.70. The highest BCUT2D eigenvalue weighted by Crippen LogP contribution is 2.18. The van der Waals surface area contributed by atoms with Crippen LogP contribution in [0.3, 0.4) is 0 Å². The molecule has 4 heteroatoms. The number of hydrogen-bond acceptors (Lipinski definition) is 1. The van der Waals surface area contributed by atoms with Crippen molar-refractivity contribution in [2.75, 3.05) is 5.88 Å². The van der Waals surface area contributed by atoms with Crippen LogP contribution in [0.15, 0.2) is 53.0 Å². The van der Waals surface area contributed by atoms with Gasteiger partial charge in [0, 0.05) is 22.9 Å². The minimum absolute atomic E-state index is 0.0601. The Morgan fingerprint density at radius 3 is 2.53 bits per heavy atom. The summed E-state index contributed by atoms with van der Waals surface area (Å²) in [5.74, 6) is 0.230. The van der Waals surface area contributed by atoms with Crippen molar-refractivity contribution in [3.05, 3.63) is 69.9 Å². The predicted molar refractivity (Wildman–Crippen MR) is 80.8 cm³/mol. The fourth-order valence-electron chi connectivity index (χ4n) is 1.90. The van der Waals surface area contributed by atoms with Crippen LogP contribution in [0, 0.1) is 5.82 Å². The Bertz CT molecular complexity index is 513. The predicted octanol–water partition coefficient (Wildman–Crippen LogP) is 4.66. The molecule has 0 bridgehead atoms. The third-order valence-electron chi connectivity index (χ3n) is 2.83. The summed E-state index contributed by atoms with van der Waals surface area (Å²) in [6.45, 7) is 0.572. The number of hydrogen-bond donors (Lipinski definition) is 1. The summed E-state index contributed by atoms with van der Waals surface area (Å²) >= 11 is 9.27. The molecule has 0 aliphatic heterocycles. The summed E-state index contributed by atoms with van der Waals surface area (Å²) in [6.07, 6.45) is 0. The molecule has 0 aliphatic carbocycles. The lowest BCUT2D eigenvalue weighted by atomic mass is 10.1. The molecule has 0 spiro atoms. The van der Waals surface area contributed by atoms with E-state index in [1.165, 1.54) is 12.1 Å². The summed E-state index contributed by atoms with van der Waals surface area (Å²) < 4.78 is 14.0. The molecule has 0 saturated heterocycles. The van der Waals surface area contributed by atoms with Crippen molar-refractivity contribution in [3.63, 3.8) is 0 Å². The highest BCUT2D eigenvalue weighted by Gasteiger charge is 2.09. The molecule has 19 heavy (non-hydrogen) atoms. The lowest BCUT2D eigenvalue weighted by Crippen LogP contribution is -2.22. The molecule has 0 saturated carbocycles. The van der Waals surface area contributed by atoms with E-state index in [2.05, 4.69) is 21.2 Å². The first-order chi connectivity index (χ1) is 9.19. The maximum Gasteiger partial charge on any atom is 0.124 e. The Morgan fingerprint density at radius 1 is 1.16 bits per heavy atom. The van der Waals surface area contributed by atoms with Gasteiger partial charge in [0.25, 0.3) is 0 Å². The van der Waals surface area contributed by atoms with Crippen LogP contribution >= 0.6 is 27.5 Å². The van der Waals surface area contributed by atoms with Gasteiger partial charge in [-0.3, -0.25) is 0 Å². The zero-order valence-corrected chi connectivity index (χ0v) is 12.6. The van der Waals surface area contributed by atoms with Crippen LogP contribution in [0.25, 0.3) is 0 Å². The molecule has 100 valence electrons. The van der Waals surface area contributed by atoms with Gasteiger partial charge in [-0.05, 0) is 29.3 Å². The van der Waals surface area contributed by atoms with Crippen LogP contribution < -0.4 is 5.32 Å². The van der Waals surface area contributed by atoms with Crippen LogP contribution in [0.2, 0.25) is 0 Å². The van der Waals surface area contributed by atoms with Gasteiger partial charge in [-0.15, -0.1) is 11.6 Å². The van der Waals surface area contributed by atoms with Gasteiger partial charge in [0.2, 0.25) is 0 Å².